The van der Waals surface area contributed by atoms with Crippen LogP contribution in [0.2, 0.25) is 0 Å². The fourth-order valence-electron chi connectivity index (χ4n) is 3.41. The second kappa shape index (κ2) is 7.17. The lowest BCUT2D eigenvalue weighted by Crippen LogP contribution is -2.29. The SMILES string of the molecule is CNC(C)c1ccc(OC)cc1OC1CC(C)CC(C)C1. The van der Waals surface area contributed by atoms with E-state index in [1.165, 1.54) is 12.0 Å². The van der Waals surface area contributed by atoms with Gasteiger partial charge in [-0.15, -0.1) is 0 Å². The lowest BCUT2D eigenvalue weighted by molar-refractivity contribution is 0.0994. The van der Waals surface area contributed by atoms with Crippen LogP contribution >= 0.6 is 0 Å². The number of nitrogens with one attached hydrogen (secondary N) is 1. The molecule has 3 nitrogen and oxygen atoms in total. The van der Waals surface area contributed by atoms with E-state index in [-0.39, 0.29) is 6.04 Å². The first kappa shape index (κ1) is 16.2. The lowest BCUT2D eigenvalue weighted by Gasteiger charge is -2.32. The van der Waals surface area contributed by atoms with Crippen molar-refractivity contribution in [2.75, 3.05) is 14.2 Å². The first-order valence-corrected chi connectivity index (χ1v) is 8.05. The normalized spacial score (nSPS) is 27.2. The largest absolute Gasteiger partial charge is 0.497 e. The van der Waals surface area contributed by atoms with Crippen molar-refractivity contribution in [1.82, 2.24) is 5.32 Å². The first-order valence-electron chi connectivity index (χ1n) is 8.05. The number of hydrogen-bond acceptors (Lipinski definition) is 3. The number of benzene rings is 1. The van der Waals surface area contributed by atoms with Gasteiger partial charge in [-0.2, -0.15) is 0 Å². The van der Waals surface area contributed by atoms with Crippen molar-refractivity contribution in [3.63, 3.8) is 0 Å². The van der Waals surface area contributed by atoms with Crippen LogP contribution < -0.4 is 14.8 Å². The van der Waals surface area contributed by atoms with Crippen LogP contribution in [0.15, 0.2) is 18.2 Å². The second-order valence-electron chi connectivity index (χ2n) is 6.57. The van der Waals surface area contributed by atoms with Crippen LogP contribution in [-0.2, 0) is 0 Å². The molecule has 0 saturated heterocycles. The Morgan fingerprint density at radius 3 is 2.38 bits per heavy atom. The van der Waals surface area contributed by atoms with E-state index in [1.807, 2.05) is 19.2 Å². The summed E-state index contributed by atoms with van der Waals surface area (Å²) < 4.78 is 11.7. The second-order valence-corrected chi connectivity index (χ2v) is 6.57. The quantitative estimate of drug-likeness (QED) is 0.883. The molecule has 1 aliphatic rings. The van der Waals surface area contributed by atoms with Crippen molar-refractivity contribution < 1.29 is 9.47 Å². The molecule has 0 aliphatic heterocycles. The summed E-state index contributed by atoms with van der Waals surface area (Å²) in [7, 11) is 3.68. The van der Waals surface area contributed by atoms with Crippen LogP contribution in [0.5, 0.6) is 11.5 Å². The molecule has 1 fully saturated rings. The molecular weight excluding hydrogens is 262 g/mol. The summed E-state index contributed by atoms with van der Waals surface area (Å²) in [6.45, 7) is 6.81. The summed E-state index contributed by atoms with van der Waals surface area (Å²) in [5.74, 6) is 3.31. The molecule has 1 aromatic carbocycles. The van der Waals surface area contributed by atoms with Crippen LogP contribution in [0.3, 0.4) is 0 Å². The van der Waals surface area contributed by atoms with Crippen molar-refractivity contribution in [3.05, 3.63) is 23.8 Å². The van der Waals surface area contributed by atoms with Gasteiger partial charge in [0.25, 0.3) is 0 Å². The van der Waals surface area contributed by atoms with Gasteiger partial charge in [-0.3, -0.25) is 0 Å². The summed E-state index contributed by atoms with van der Waals surface area (Å²) in [4.78, 5) is 0. The molecule has 0 amide bonds. The van der Waals surface area contributed by atoms with Gasteiger partial charge in [0.1, 0.15) is 11.5 Å². The highest BCUT2D eigenvalue weighted by molar-refractivity contribution is 5.42. The number of methoxy groups -OCH3 is 1. The third-order valence-electron chi connectivity index (χ3n) is 4.55. The molecule has 3 atom stereocenters. The third kappa shape index (κ3) is 4.13. The van der Waals surface area contributed by atoms with Crippen LogP contribution in [0.4, 0.5) is 0 Å². The van der Waals surface area contributed by atoms with Crippen molar-refractivity contribution >= 4 is 0 Å². The van der Waals surface area contributed by atoms with Crippen LogP contribution in [-0.4, -0.2) is 20.3 Å². The molecule has 0 aromatic heterocycles. The third-order valence-corrected chi connectivity index (χ3v) is 4.55. The molecule has 2 rings (SSSR count). The van der Waals surface area contributed by atoms with Crippen LogP contribution in [0, 0.1) is 11.8 Å². The van der Waals surface area contributed by atoms with Gasteiger partial charge in [0.2, 0.25) is 0 Å². The maximum absolute atomic E-state index is 6.37. The number of ether oxygens (including phenoxy) is 2. The molecule has 1 saturated carbocycles. The molecule has 1 aliphatic carbocycles. The minimum atomic E-state index is 0.268. The topological polar surface area (TPSA) is 30.5 Å². The van der Waals surface area contributed by atoms with Gasteiger partial charge in [-0.05, 0) is 51.1 Å². The van der Waals surface area contributed by atoms with E-state index in [2.05, 4.69) is 32.2 Å². The summed E-state index contributed by atoms with van der Waals surface area (Å²) in [6, 6.07) is 6.39. The van der Waals surface area contributed by atoms with Crippen molar-refractivity contribution in [2.24, 2.45) is 11.8 Å². The number of rotatable bonds is 5. The maximum atomic E-state index is 6.37. The van der Waals surface area contributed by atoms with E-state index >= 15 is 0 Å². The zero-order valence-corrected chi connectivity index (χ0v) is 14.0. The van der Waals surface area contributed by atoms with E-state index in [1.54, 1.807) is 7.11 Å². The smallest absolute Gasteiger partial charge is 0.128 e. The van der Waals surface area contributed by atoms with Crippen LogP contribution in [0.1, 0.15) is 51.6 Å². The van der Waals surface area contributed by atoms with E-state index in [4.69, 9.17) is 9.47 Å². The minimum Gasteiger partial charge on any atom is -0.497 e. The highest BCUT2D eigenvalue weighted by atomic mass is 16.5. The van der Waals surface area contributed by atoms with Gasteiger partial charge in [-0.25, -0.2) is 0 Å². The average Bonchev–Trinajstić information content (AvgIpc) is 2.45. The zero-order chi connectivity index (χ0) is 15.4. The molecule has 0 radical (unpaired) electrons. The van der Waals surface area contributed by atoms with Gasteiger partial charge >= 0.3 is 0 Å². The van der Waals surface area contributed by atoms with Gasteiger partial charge in [0.15, 0.2) is 0 Å². The Kier molecular flexibility index (Phi) is 5.51. The van der Waals surface area contributed by atoms with Gasteiger partial charge in [-0.1, -0.05) is 19.9 Å². The molecule has 3 unspecified atom stereocenters. The summed E-state index contributed by atoms with van der Waals surface area (Å²) in [6.07, 6.45) is 3.93. The van der Waals surface area contributed by atoms with Gasteiger partial charge in [0.05, 0.1) is 13.2 Å². The predicted octanol–water partition coefficient (Wildman–Crippen LogP) is 4.18. The monoisotopic (exact) mass is 291 g/mol. The molecule has 3 heteroatoms. The molecule has 21 heavy (non-hydrogen) atoms. The van der Waals surface area contributed by atoms with E-state index in [0.717, 1.165) is 36.2 Å². The van der Waals surface area contributed by atoms with E-state index in [0.29, 0.717) is 6.10 Å². The van der Waals surface area contributed by atoms with Crippen LogP contribution in [0.25, 0.3) is 0 Å². The maximum Gasteiger partial charge on any atom is 0.128 e. The average molecular weight is 291 g/mol. The summed E-state index contributed by atoms with van der Waals surface area (Å²) in [5, 5.41) is 3.29. The van der Waals surface area contributed by atoms with Crippen molar-refractivity contribution in [1.29, 1.82) is 0 Å². The number of hydrogen-bond donors (Lipinski definition) is 1. The Labute approximate surface area is 129 Å². The molecule has 0 bridgehead atoms. The van der Waals surface area contributed by atoms with E-state index in [9.17, 15) is 0 Å². The first-order chi connectivity index (χ1) is 10.0. The fourth-order valence-corrected chi connectivity index (χ4v) is 3.41. The van der Waals surface area contributed by atoms with E-state index < -0.39 is 0 Å². The zero-order valence-electron chi connectivity index (χ0n) is 14.0. The highest BCUT2D eigenvalue weighted by Gasteiger charge is 2.26. The Balaban J connectivity index is 2.20. The highest BCUT2D eigenvalue weighted by Crippen LogP contribution is 2.35. The Morgan fingerprint density at radius 1 is 1.14 bits per heavy atom. The lowest BCUT2D eigenvalue weighted by atomic mass is 9.82. The molecule has 0 spiro atoms. The standard InChI is InChI=1S/C18H29NO2/c1-12-8-13(2)10-16(9-12)21-18-11-15(20-5)6-7-17(18)14(3)19-4/h6-7,11-14,16,19H,8-10H2,1-5H3. The molecule has 118 valence electrons. The Bertz CT molecular complexity index is 451. The molecule has 1 N–H and O–H groups in total. The fraction of sp³-hybridized carbons (Fsp3) is 0.667. The Hall–Kier alpha value is -1.22. The summed E-state index contributed by atoms with van der Waals surface area (Å²) >= 11 is 0. The summed E-state index contributed by atoms with van der Waals surface area (Å²) in [5.41, 5.74) is 1.20. The molecule has 0 heterocycles. The van der Waals surface area contributed by atoms with Gasteiger partial charge < -0.3 is 14.8 Å². The van der Waals surface area contributed by atoms with Crippen molar-refractivity contribution in [3.8, 4) is 11.5 Å². The minimum absolute atomic E-state index is 0.268. The molecular formula is C18H29NO2. The molecule has 1 aromatic rings. The predicted molar refractivity (Wildman–Crippen MR) is 87.1 cm³/mol. The van der Waals surface area contributed by atoms with Crippen molar-refractivity contribution in [2.45, 2.75) is 52.2 Å². The Morgan fingerprint density at radius 2 is 1.81 bits per heavy atom. The van der Waals surface area contributed by atoms with Gasteiger partial charge in [0, 0.05) is 17.7 Å².